The van der Waals surface area contributed by atoms with Crippen molar-refractivity contribution >= 4 is 34.8 Å². The van der Waals surface area contributed by atoms with Crippen molar-refractivity contribution in [2.24, 2.45) is 5.73 Å². The third-order valence-corrected chi connectivity index (χ3v) is 4.55. The van der Waals surface area contributed by atoms with Crippen molar-refractivity contribution < 1.29 is 9.53 Å². The molecule has 2 heterocycles. The van der Waals surface area contributed by atoms with Gasteiger partial charge >= 0.3 is 0 Å². The Hall–Kier alpha value is -1.47. The fraction of sp³-hybridized carbons (Fsp3) is 0.333. The highest BCUT2D eigenvalue weighted by Gasteiger charge is 2.31. The summed E-state index contributed by atoms with van der Waals surface area (Å²) >= 11 is 1.45. The molecule has 5 nitrogen and oxygen atoms in total. The smallest absolute Gasteiger partial charge is 0.250 e. The predicted molar refractivity (Wildman–Crippen MR) is 89.3 cm³/mol. The number of carbonyl (C=O) groups excluding carboxylic acids is 1. The molecule has 1 atom stereocenters. The molecular weight excluding hydrogens is 322 g/mol. The quantitative estimate of drug-likeness (QED) is 0.900. The van der Waals surface area contributed by atoms with Crippen molar-refractivity contribution in [3.8, 4) is 0 Å². The highest BCUT2D eigenvalue weighted by atomic mass is 35.5. The molecule has 1 unspecified atom stereocenters. The standard InChI is InChI=1S/C15H17N3O2S.ClH/c1-15(16,10-5-3-2-4-6-10)13(19)18-14-17-11-7-8-20-9-12(11)21-14;/h2-6H,7-9,16H2,1H3,(H,17,18,19);1H. The van der Waals surface area contributed by atoms with Gasteiger partial charge in [0.25, 0.3) is 5.91 Å². The van der Waals surface area contributed by atoms with Crippen molar-refractivity contribution in [2.45, 2.75) is 25.5 Å². The molecule has 1 aromatic carbocycles. The van der Waals surface area contributed by atoms with Crippen LogP contribution < -0.4 is 11.1 Å². The molecule has 0 fully saturated rings. The largest absolute Gasteiger partial charge is 0.375 e. The first-order chi connectivity index (χ1) is 10.1. The number of hydrogen-bond donors (Lipinski definition) is 2. The Kier molecular flexibility index (Phi) is 5.18. The molecule has 1 amide bonds. The Bertz CT molecular complexity index is 635. The zero-order chi connectivity index (χ0) is 14.9. The second-order valence-electron chi connectivity index (χ2n) is 5.21. The summed E-state index contributed by atoms with van der Waals surface area (Å²) in [6.07, 6.45) is 0.792. The number of amides is 1. The van der Waals surface area contributed by atoms with E-state index < -0.39 is 5.54 Å². The number of nitrogens with one attached hydrogen (secondary N) is 1. The van der Waals surface area contributed by atoms with Gasteiger partial charge in [-0.2, -0.15) is 0 Å². The second-order valence-corrected chi connectivity index (χ2v) is 6.30. The molecule has 0 saturated carbocycles. The molecule has 118 valence electrons. The van der Waals surface area contributed by atoms with Crippen LogP contribution in [0.1, 0.15) is 23.1 Å². The Labute approximate surface area is 139 Å². The van der Waals surface area contributed by atoms with Gasteiger partial charge in [0.2, 0.25) is 0 Å². The maximum Gasteiger partial charge on any atom is 0.250 e. The number of nitrogens with zero attached hydrogens (tertiary/aromatic N) is 1. The van der Waals surface area contributed by atoms with Crippen LogP contribution in [0.15, 0.2) is 30.3 Å². The third-order valence-electron chi connectivity index (χ3n) is 3.56. The Morgan fingerprint density at radius 2 is 2.14 bits per heavy atom. The van der Waals surface area contributed by atoms with E-state index in [1.54, 1.807) is 6.92 Å². The van der Waals surface area contributed by atoms with Crippen molar-refractivity contribution in [3.05, 3.63) is 46.5 Å². The molecule has 1 aliphatic rings. The number of carbonyl (C=O) groups is 1. The van der Waals surface area contributed by atoms with Crippen molar-refractivity contribution in [1.29, 1.82) is 0 Å². The van der Waals surface area contributed by atoms with Crippen LogP contribution in [0.2, 0.25) is 0 Å². The van der Waals surface area contributed by atoms with Gasteiger partial charge in [-0.15, -0.1) is 12.4 Å². The van der Waals surface area contributed by atoms with E-state index in [2.05, 4.69) is 10.3 Å². The summed E-state index contributed by atoms with van der Waals surface area (Å²) in [7, 11) is 0. The Morgan fingerprint density at radius 3 is 2.82 bits per heavy atom. The maximum atomic E-state index is 12.4. The van der Waals surface area contributed by atoms with E-state index in [9.17, 15) is 4.79 Å². The number of fused-ring (bicyclic) bond motifs is 1. The van der Waals surface area contributed by atoms with Gasteiger partial charge in [0, 0.05) is 6.42 Å². The van der Waals surface area contributed by atoms with Crippen LogP contribution in [-0.2, 0) is 28.1 Å². The second kappa shape index (κ2) is 6.75. The molecule has 7 heteroatoms. The first kappa shape index (κ1) is 16.9. The Morgan fingerprint density at radius 1 is 1.41 bits per heavy atom. The molecule has 2 aromatic rings. The first-order valence-electron chi connectivity index (χ1n) is 6.79. The molecule has 1 aromatic heterocycles. The summed E-state index contributed by atoms with van der Waals surface area (Å²) in [5.74, 6) is -0.263. The van der Waals surface area contributed by atoms with Gasteiger partial charge in [-0.1, -0.05) is 41.7 Å². The lowest BCUT2D eigenvalue weighted by molar-refractivity contribution is -0.120. The van der Waals surface area contributed by atoms with Gasteiger partial charge < -0.3 is 15.8 Å². The fourth-order valence-electron chi connectivity index (χ4n) is 2.22. The minimum absolute atomic E-state index is 0. The van der Waals surface area contributed by atoms with E-state index in [1.807, 2.05) is 30.3 Å². The first-order valence-corrected chi connectivity index (χ1v) is 7.61. The monoisotopic (exact) mass is 339 g/mol. The maximum absolute atomic E-state index is 12.4. The molecular formula is C15H18ClN3O2S. The van der Waals surface area contributed by atoms with E-state index in [0.29, 0.717) is 18.3 Å². The van der Waals surface area contributed by atoms with Crippen molar-refractivity contribution in [1.82, 2.24) is 4.98 Å². The van der Waals surface area contributed by atoms with E-state index in [-0.39, 0.29) is 18.3 Å². The lowest BCUT2D eigenvalue weighted by atomic mass is 9.92. The summed E-state index contributed by atoms with van der Waals surface area (Å²) in [5.41, 5.74) is 6.88. The van der Waals surface area contributed by atoms with E-state index in [0.717, 1.165) is 22.6 Å². The Balaban J connectivity index is 0.00000176. The number of aromatic nitrogens is 1. The fourth-order valence-corrected chi connectivity index (χ4v) is 3.16. The molecule has 3 N–H and O–H groups in total. The van der Waals surface area contributed by atoms with Crippen LogP contribution in [0.25, 0.3) is 0 Å². The van der Waals surface area contributed by atoms with E-state index in [4.69, 9.17) is 10.5 Å². The third kappa shape index (κ3) is 3.30. The zero-order valence-corrected chi connectivity index (χ0v) is 13.8. The molecule has 0 aliphatic carbocycles. The molecule has 0 radical (unpaired) electrons. The number of rotatable bonds is 3. The highest BCUT2D eigenvalue weighted by Crippen LogP contribution is 2.28. The van der Waals surface area contributed by atoms with Crippen LogP contribution in [-0.4, -0.2) is 17.5 Å². The average molecular weight is 340 g/mol. The lowest BCUT2D eigenvalue weighted by Gasteiger charge is -2.23. The summed E-state index contributed by atoms with van der Waals surface area (Å²) in [6, 6.07) is 9.33. The molecule has 0 saturated heterocycles. The summed E-state index contributed by atoms with van der Waals surface area (Å²) < 4.78 is 5.38. The number of anilines is 1. The number of hydrogen-bond acceptors (Lipinski definition) is 5. The highest BCUT2D eigenvalue weighted by molar-refractivity contribution is 7.15. The minimum Gasteiger partial charge on any atom is -0.375 e. The number of halogens is 1. The summed E-state index contributed by atoms with van der Waals surface area (Å²) in [5, 5.41) is 3.41. The van der Waals surface area contributed by atoms with Gasteiger partial charge in [0.1, 0.15) is 5.54 Å². The van der Waals surface area contributed by atoms with Gasteiger partial charge in [-0.05, 0) is 12.5 Å². The van der Waals surface area contributed by atoms with Gasteiger partial charge in [0.15, 0.2) is 5.13 Å². The summed E-state index contributed by atoms with van der Waals surface area (Å²) in [4.78, 5) is 18.0. The van der Waals surface area contributed by atoms with E-state index in [1.165, 1.54) is 11.3 Å². The average Bonchev–Trinajstić information content (AvgIpc) is 2.90. The van der Waals surface area contributed by atoms with Crippen LogP contribution >= 0.6 is 23.7 Å². The van der Waals surface area contributed by atoms with Crippen LogP contribution in [0.3, 0.4) is 0 Å². The molecule has 0 spiro atoms. The van der Waals surface area contributed by atoms with Gasteiger partial charge in [0.05, 0.1) is 23.8 Å². The topological polar surface area (TPSA) is 77.2 Å². The van der Waals surface area contributed by atoms with Crippen LogP contribution in [0.5, 0.6) is 0 Å². The number of ether oxygens (including phenoxy) is 1. The van der Waals surface area contributed by atoms with Crippen LogP contribution in [0, 0.1) is 0 Å². The zero-order valence-electron chi connectivity index (χ0n) is 12.2. The number of benzene rings is 1. The SMILES string of the molecule is CC(N)(C(=O)Nc1nc2c(s1)COCC2)c1ccccc1.Cl. The van der Waals surface area contributed by atoms with Crippen molar-refractivity contribution in [2.75, 3.05) is 11.9 Å². The number of thiazole rings is 1. The summed E-state index contributed by atoms with van der Waals surface area (Å²) in [6.45, 7) is 2.96. The number of nitrogens with two attached hydrogens (primary N) is 1. The lowest BCUT2D eigenvalue weighted by Crippen LogP contribution is -2.45. The van der Waals surface area contributed by atoms with Gasteiger partial charge in [-0.25, -0.2) is 4.98 Å². The molecule has 22 heavy (non-hydrogen) atoms. The molecule has 1 aliphatic heterocycles. The molecule has 0 bridgehead atoms. The molecule has 3 rings (SSSR count). The van der Waals surface area contributed by atoms with Crippen molar-refractivity contribution in [3.63, 3.8) is 0 Å². The normalized spacial score (nSPS) is 16.1. The minimum atomic E-state index is -1.09. The van der Waals surface area contributed by atoms with E-state index >= 15 is 0 Å². The van der Waals surface area contributed by atoms with Gasteiger partial charge in [-0.3, -0.25) is 4.79 Å². The predicted octanol–water partition coefficient (Wildman–Crippen LogP) is 2.45. The van der Waals surface area contributed by atoms with Crippen LogP contribution in [0.4, 0.5) is 5.13 Å².